The van der Waals surface area contributed by atoms with Crippen LogP contribution in [0.4, 0.5) is 0 Å². The van der Waals surface area contributed by atoms with Crippen LogP contribution in [0.5, 0.6) is 0 Å². The van der Waals surface area contributed by atoms with Crippen molar-refractivity contribution < 1.29 is 24.3 Å². The highest BCUT2D eigenvalue weighted by Crippen LogP contribution is 2.57. The largest absolute Gasteiger partial charge is 0.395 e. The van der Waals surface area contributed by atoms with Crippen LogP contribution in [-0.2, 0) is 25.6 Å². The van der Waals surface area contributed by atoms with Gasteiger partial charge in [-0.15, -0.1) is 0 Å². The first kappa shape index (κ1) is 19.2. The van der Waals surface area contributed by atoms with E-state index >= 15 is 0 Å². The number of aliphatic hydroxyl groups excluding tert-OH is 1. The van der Waals surface area contributed by atoms with Crippen molar-refractivity contribution in [2.75, 3.05) is 26.7 Å². The molecule has 4 amide bonds. The minimum Gasteiger partial charge on any atom is -0.395 e. The number of hydrogen-bond acceptors (Lipinski definition) is 5. The Labute approximate surface area is 174 Å². The van der Waals surface area contributed by atoms with E-state index in [1.807, 2.05) is 30.3 Å². The molecule has 0 unspecified atom stereocenters. The Morgan fingerprint density at radius 2 is 1.77 bits per heavy atom. The summed E-state index contributed by atoms with van der Waals surface area (Å²) in [5.41, 5.74) is -0.596. The molecule has 4 fully saturated rings. The predicted molar refractivity (Wildman–Crippen MR) is 105 cm³/mol. The van der Waals surface area contributed by atoms with E-state index < -0.39 is 23.4 Å². The van der Waals surface area contributed by atoms with Gasteiger partial charge in [0.05, 0.1) is 25.0 Å². The van der Waals surface area contributed by atoms with E-state index in [0.29, 0.717) is 0 Å². The number of nitrogens with zero attached hydrogens (tertiary/aromatic N) is 3. The molecule has 4 aliphatic rings. The van der Waals surface area contributed by atoms with Crippen LogP contribution in [0.3, 0.4) is 0 Å². The lowest BCUT2D eigenvalue weighted by molar-refractivity contribution is -0.169. The molecule has 1 aliphatic carbocycles. The van der Waals surface area contributed by atoms with Gasteiger partial charge in [0, 0.05) is 26.1 Å². The van der Waals surface area contributed by atoms with Gasteiger partial charge in [-0.1, -0.05) is 30.3 Å². The number of carbonyl (C=O) groups excluding carboxylic acids is 4. The topological polar surface area (TPSA) is 98.2 Å². The number of amides is 4. The molecule has 3 heterocycles. The molecule has 8 nitrogen and oxygen atoms in total. The molecular weight excluding hydrogens is 386 g/mol. The normalized spacial score (nSPS) is 33.4. The summed E-state index contributed by atoms with van der Waals surface area (Å²) in [4.78, 5) is 57.8. The maximum absolute atomic E-state index is 13.9. The fraction of sp³-hybridized carbons (Fsp3) is 0.545. The van der Waals surface area contributed by atoms with Crippen molar-refractivity contribution in [3.63, 3.8) is 0 Å². The molecule has 0 aromatic heterocycles. The summed E-state index contributed by atoms with van der Waals surface area (Å²) in [5.74, 6) is -2.69. The van der Waals surface area contributed by atoms with E-state index in [1.54, 1.807) is 4.90 Å². The lowest BCUT2D eigenvalue weighted by Crippen LogP contribution is -2.71. The number of β-amino-alcohol motifs (C(OH)–C–C–N with tert-alkyl or cyclic N) is 1. The number of carbonyl (C=O) groups is 4. The van der Waals surface area contributed by atoms with Crippen molar-refractivity contribution in [2.45, 2.75) is 30.8 Å². The van der Waals surface area contributed by atoms with Crippen LogP contribution in [0.2, 0.25) is 0 Å². The van der Waals surface area contributed by atoms with E-state index in [9.17, 15) is 24.3 Å². The molecule has 5 rings (SSSR count). The summed E-state index contributed by atoms with van der Waals surface area (Å²) in [6.07, 6.45) is 1.95. The monoisotopic (exact) mass is 411 g/mol. The molecular formula is C22H25N3O5. The highest BCUT2D eigenvalue weighted by atomic mass is 16.3. The molecule has 1 aromatic rings. The van der Waals surface area contributed by atoms with Crippen LogP contribution < -0.4 is 0 Å². The van der Waals surface area contributed by atoms with Crippen molar-refractivity contribution in [2.24, 2.45) is 17.8 Å². The Kier molecular flexibility index (Phi) is 4.25. The first-order valence-corrected chi connectivity index (χ1v) is 10.5. The number of rotatable bonds is 5. The summed E-state index contributed by atoms with van der Waals surface area (Å²) >= 11 is 0. The number of likely N-dealkylation sites (tertiary alicyclic amines) is 1. The third kappa shape index (κ3) is 2.43. The number of fused-ring (bicyclic) bond motifs is 3. The van der Waals surface area contributed by atoms with Crippen LogP contribution in [-0.4, -0.2) is 81.8 Å². The zero-order valence-corrected chi connectivity index (χ0v) is 16.9. The van der Waals surface area contributed by atoms with Crippen LogP contribution in [0.15, 0.2) is 30.3 Å². The second-order valence-corrected chi connectivity index (χ2v) is 8.87. The van der Waals surface area contributed by atoms with Gasteiger partial charge in [-0.05, 0) is 24.3 Å². The Morgan fingerprint density at radius 1 is 1.07 bits per heavy atom. The lowest BCUT2D eigenvalue weighted by Gasteiger charge is -2.49. The third-order valence-electron chi connectivity index (χ3n) is 7.23. The molecule has 1 aromatic carbocycles. The van der Waals surface area contributed by atoms with E-state index in [2.05, 4.69) is 0 Å². The SMILES string of the molecule is CN1C(=O)[C@H]2[C@@H](C3CC3)N3C(=O)CN(CCO)C(=O)[C@@]3(Cc3ccccc3)[C@H]2C1=O. The van der Waals surface area contributed by atoms with Gasteiger partial charge in [-0.3, -0.25) is 24.1 Å². The molecule has 30 heavy (non-hydrogen) atoms. The van der Waals surface area contributed by atoms with Gasteiger partial charge in [0.25, 0.3) is 0 Å². The van der Waals surface area contributed by atoms with Crippen LogP contribution >= 0.6 is 0 Å². The minimum atomic E-state index is -1.43. The van der Waals surface area contributed by atoms with E-state index in [0.717, 1.165) is 23.3 Å². The summed E-state index contributed by atoms with van der Waals surface area (Å²) in [5, 5.41) is 9.46. The van der Waals surface area contributed by atoms with Gasteiger partial charge in [0.15, 0.2) is 0 Å². The fourth-order valence-corrected chi connectivity index (χ4v) is 5.89. The molecule has 4 atom stereocenters. The highest BCUT2D eigenvalue weighted by Gasteiger charge is 2.75. The van der Waals surface area contributed by atoms with E-state index in [1.165, 1.54) is 11.9 Å². The smallest absolute Gasteiger partial charge is 0.250 e. The third-order valence-corrected chi connectivity index (χ3v) is 7.23. The van der Waals surface area contributed by atoms with Crippen molar-refractivity contribution >= 4 is 23.6 Å². The molecule has 158 valence electrons. The van der Waals surface area contributed by atoms with Crippen molar-refractivity contribution in [1.29, 1.82) is 0 Å². The number of benzene rings is 1. The first-order valence-electron chi connectivity index (χ1n) is 10.5. The average Bonchev–Trinajstić information content (AvgIpc) is 3.49. The van der Waals surface area contributed by atoms with Gasteiger partial charge in [0.2, 0.25) is 23.6 Å². The average molecular weight is 411 g/mol. The Hall–Kier alpha value is -2.74. The molecule has 1 N–H and O–H groups in total. The second kappa shape index (κ2) is 6.63. The Balaban J connectivity index is 1.71. The van der Waals surface area contributed by atoms with Crippen LogP contribution in [0.25, 0.3) is 0 Å². The van der Waals surface area contributed by atoms with Gasteiger partial charge >= 0.3 is 0 Å². The predicted octanol–water partition coefficient (Wildman–Crippen LogP) is -0.346. The second-order valence-electron chi connectivity index (χ2n) is 8.87. The standard InChI is InChI=1S/C22H25N3O5/c1-23-19(28)16-17(20(23)29)22(11-13-5-3-2-4-6-13)21(30)24(9-10-26)12-15(27)25(22)18(16)14-7-8-14/h2-6,14,16-18,26H,7-12H2,1H3/t16-,17-,18-,22-/m1/s1. The van der Waals surface area contributed by atoms with Crippen LogP contribution in [0.1, 0.15) is 18.4 Å². The van der Waals surface area contributed by atoms with Crippen molar-refractivity contribution in [1.82, 2.24) is 14.7 Å². The van der Waals surface area contributed by atoms with Gasteiger partial charge in [-0.2, -0.15) is 0 Å². The minimum absolute atomic E-state index is 0.0262. The van der Waals surface area contributed by atoms with Crippen molar-refractivity contribution in [3.8, 4) is 0 Å². The Bertz CT molecular complexity index is 930. The van der Waals surface area contributed by atoms with Crippen LogP contribution in [0, 0.1) is 17.8 Å². The lowest BCUT2D eigenvalue weighted by atomic mass is 9.74. The zero-order valence-electron chi connectivity index (χ0n) is 16.9. The number of hydrogen-bond donors (Lipinski definition) is 1. The van der Waals surface area contributed by atoms with Gasteiger partial charge in [-0.25, -0.2) is 0 Å². The summed E-state index contributed by atoms with van der Waals surface area (Å²) in [7, 11) is 1.47. The molecule has 1 saturated carbocycles. The van der Waals surface area contributed by atoms with Gasteiger partial charge < -0.3 is 14.9 Å². The summed E-state index contributed by atoms with van der Waals surface area (Å²) in [6, 6.07) is 8.91. The summed E-state index contributed by atoms with van der Waals surface area (Å²) < 4.78 is 0. The van der Waals surface area contributed by atoms with Gasteiger partial charge in [0.1, 0.15) is 5.54 Å². The van der Waals surface area contributed by atoms with E-state index in [4.69, 9.17) is 0 Å². The Morgan fingerprint density at radius 3 is 2.40 bits per heavy atom. The maximum Gasteiger partial charge on any atom is 0.250 e. The quantitative estimate of drug-likeness (QED) is 0.668. The van der Waals surface area contributed by atoms with E-state index in [-0.39, 0.29) is 55.7 Å². The summed E-state index contributed by atoms with van der Waals surface area (Å²) in [6.45, 7) is -0.372. The number of imide groups is 1. The number of aliphatic hydroxyl groups is 1. The molecule has 0 spiro atoms. The highest BCUT2D eigenvalue weighted by molar-refractivity contribution is 6.12. The molecule has 8 heteroatoms. The first-order chi connectivity index (χ1) is 14.4. The molecule has 3 aliphatic heterocycles. The molecule has 0 bridgehead atoms. The molecule has 0 radical (unpaired) electrons. The molecule has 3 saturated heterocycles. The van der Waals surface area contributed by atoms with Crippen molar-refractivity contribution in [3.05, 3.63) is 35.9 Å². The fourth-order valence-electron chi connectivity index (χ4n) is 5.89. The maximum atomic E-state index is 13.9. The number of piperazine rings is 1. The zero-order chi connectivity index (χ0) is 21.2.